The second-order valence-electron chi connectivity index (χ2n) is 12.0. The lowest BCUT2D eigenvalue weighted by Crippen LogP contribution is -1.96. The zero-order chi connectivity index (χ0) is 29.9. The molecule has 0 N–H and O–H groups in total. The Morgan fingerprint density at radius 1 is 0.435 bits per heavy atom. The molecule has 7 aromatic carbocycles. The summed E-state index contributed by atoms with van der Waals surface area (Å²) in [5.74, 6) is 0. The molecule has 46 heavy (non-hydrogen) atoms. The number of para-hydroxylation sites is 2. The van der Waals surface area contributed by atoms with Crippen molar-refractivity contribution in [2.45, 2.75) is 0 Å². The van der Waals surface area contributed by atoms with E-state index in [-0.39, 0.29) is 0 Å². The third-order valence-electron chi connectivity index (χ3n) is 9.53. The van der Waals surface area contributed by atoms with Crippen molar-refractivity contribution < 1.29 is 0 Å². The third-order valence-corrected chi connectivity index (χ3v) is 11.7. The minimum absolute atomic E-state index is 0.993. The Hall–Kier alpha value is -5.49. The molecule has 0 unspecified atom stereocenters. The normalized spacial score (nSPS) is 12.3. The predicted octanol–water partition coefficient (Wildman–Crippen LogP) is 12.0. The van der Waals surface area contributed by atoms with Gasteiger partial charge in [-0.25, -0.2) is 4.98 Å². The first-order chi connectivity index (χ1) is 22.8. The van der Waals surface area contributed by atoms with Crippen LogP contribution in [0.1, 0.15) is 0 Å². The molecule has 214 valence electrons. The first-order valence-electron chi connectivity index (χ1n) is 15.5. The van der Waals surface area contributed by atoms with Gasteiger partial charge in [0.1, 0.15) is 0 Å². The van der Waals surface area contributed by atoms with Crippen LogP contribution in [0.3, 0.4) is 0 Å². The van der Waals surface area contributed by atoms with Gasteiger partial charge < -0.3 is 4.57 Å². The van der Waals surface area contributed by atoms with Gasteiger partial charge in [0.05, 0.1) is 32.3 Å². The van der Waals surface area contributed by atoms with Crippen LogP contribution in [-0.4, -0.2) is 14.1 Å². The quantitative estimate of drug-likeness (QED) is 0.188. The van der Waals surface area contributed by atoms with Crippen LogP contribution >= 0.6 is 22.7 Å². The molecular weight excluding hydrogens is 599 g/mol. The number of thiazole rings is 1. The Balaban J connectivity index is 1.27. The molecule has 4 heterocycles. The molecule has 11 aromatic rings. The van der Waals surface area contributed by atoms with Crippen molar-refractivity contribution in [2.75, 3.05) is 0 Å². The van der Waals surface area contributed by atoms with E-state index < -0.39 is 0 Å². The van der Waals surface area contributed by atoms with Crippen LogP contribution < -0.4 is 0 Å². The number of rotatable bonds is 2. The van der Waals surface area contributed by atoms with Crippen molar-refractivity contribution in [3.05, 3.63) is 140 Å². The third kappa shape index (κ3) is 3.28. The van der Waals surface area contributed by atoms with Gasteiger partial charge in [0, 0.05) is 47.4 Å². The molecule has 0 amide bonds. The van der Waals surface area contributed by atoms with Gasteiger partial charge in [0.15, 0.2) is 5.13 Å². The molecule has 0 aliphatic carbocycles. The number of benzene rings is 7. The number of thiophene rings is 1. The Kier molecular flexibility index (Phi) is 4.87. The number of nitrogens with zero attached hydrogens (tertiary/aromatic N) is 3. The van der Waals surface area contributed by atoms with E-state index in [2.05, 4.69) is 149 Å². The molecule has 11 rings (SSSR count). The van der Waals surface area contributed by atoms with Crippen molar-refractivity contribution in [1.29, 1.82) is 0 Å². The molecule has 0 saturated heterocycles. The first kappa shape index (κ1) is 24.8. The highest BCUT2D eigenvalue weighted by Gasteiger charge is 2.20. The lowest BCUT2D eigenvalue weighted by atomic mass is 10.1. The Morgan fingerprint density at radius 2 is 1.09 bits per heavy atom. The maximum atomic E-state index is 5.34. The van der Waals surface area contributed by atoms with Gasteiger partial charge in [-0.05, 0) is 65.4 Å². The van der Waals surface area contributed by atoms with E-state index in [9.17, 15) is 0 Å². The molecule has 0 fully saturated rings. The van der Waals surface area contributed by atoms with Crippen molar-refractivity contribution in [3.8, 4) is 10.8 Å². The first-order valence-corrected chi connectivity index (χ1v) is 17.1. The van der Waals surface area contributed by atoms with Crippen LogP contribution in [0.5, 0.6) is 0 Å². The van der Waals surface area contributed by atoms with Crippen LogP contribution in [0.15, 0.2) is 140 Å². The lowest BCUT2D eigenvalue weighted by Gasteiger charge is -2.09. The van der Waals surface area contributed by atoms with Gasteiger partial charge in [-0.1, -0.05) is 96.3 Å². The van der Waals surface area contributed by atoms with Gasteiger partial charge in [-0.3, -0.25) is 4.57 Å². The summed E-state index contributed by atoms with van der Waals surface area (Å²) in [6, 6.07) is 50.9. The highest BCUT2D eigenvalue weighted by Crippen LogP contribution is 2.44. The molecule has 0 radical (unpaired) electrons. The van der Waals surface area contributed by atoms with Gasteiger partial charge >= 0.3 is 0 Å². The largest absolute Gasteiger partial charge is 0.309 e. The van der Waals surface area contributed by atoms with E-state index in [1.54, 1.807) is 11.3 Å². The van der Waals surface area contributed by atoms with E-state index in [0.29, 0.717) is 0 Å². The van der Waals surface area contributed by atoms with E-state index in [1.165, 1.54) is 73.7 Å². The Labute approximate surface area is 270 Å². The fourth-order valence-electron chi connectivity index (χ4n) is 7.52. The molecule has 0 atom stereocenters. The second-order valence-corrected chi connectivity index (χ2v) is 14.1. The average molecular weight is 622 g/mol. The van der Waals surface area contributed by atoms with Gasteiger partial charge in [-0.15, -0.1) is 11.3 Å². The smallest absolute Gasteiger partial charge is 0.195 e. The standard InChI is InChI=1S/C41H23N3S2/c1-2-10-25-22-35-31(21-24(25)9-1)29-18-17-26(43-33-14-6-3-11-27(33)28-12-4-7-15-34(28)43)23-36(29)44(35)41-42-32-19-20-38-39(40(32)46-41)30-13-5-8-16-37(30)45-38/h1-23H. The van der Waals surface area contributed by atoms with Gasteiger partial charge in [0.25, 0.3) is 0 Å². The van der Waals surface area contributed by atoms with Crippen molar-refractivity contribution in [1.82, 2.24) is 14.1 Å². The molecular formula is C41H23N3S2. The molecule has 0 bridgehead atoms. The molecule has 0 aliphatic rings. The summed E-state index contributed by atoms with van der Waals surface area (Å²) in [4.78, 5) is 5.34. The Morgan fingerprint density at radius 3 is 1.89 bits per heavy atom. The van der Waals surface area contributed by atoms with E-state index in [4.69, 9.17) is 4.98 Å². The van der Waals surface area contributed by atoms with Gasteiger partial charge in [-0.2, -0.15) is 0 Å². The zero-order valence-corrected chi connectivity index (χ0v) is 26.1. The fourth-order valence-corrected chi connectivity index (χ4v) is 9.85. The number of hydrogen-bond donors (Lipinski definition) is 0. The molecule has 0 aliphatic heterocycles. The minimum atomic E-state index is 0.993. The second kappa shape index (κ2) is 9.04. The summed E-state index contributed by atoms with van der Waals surface area (Å²) >= 11 is 3.66. The van der Waals surface area contributed by atoms with Crippen LogP contribution in [0.2, 0.25) is 0 Å². The van der Waals surface area contributed by atoms with Crippen LogP contribution in [0.4, 0.5) is 0 Å². The summed E-state index contributed by atoms with van der Waals surface area (Å²) in [6.07, 6.45) is 0. The highest BCUT2D eigenvalue weighted by atomic mass is 32.1. The SMILES string of the molecule is c1ccc2cc3c(cc2c1)c1ccc(-n2c4ccccc4c4ccccc42)cc1n3-c1nc2ccc3sc4ccccc4c3c2s1. The molecule has 3 nitrogen and oxygen atoms in total. The number of fused-ring (bicyclic) bond motifs is 12. The molecule has 4 aromatic heterocycles. The average Bonchev–Trinajstić information content (AvgIpc) is 3.85. The van der Waals surface area contributed by atoms with Gasteiger partial charge in [0.2, 0.25) is 0 Å². The highest BCUT2D eigenvalue weighted by molar-refractivity contribution is 7.28. The Bertz CT molecular complexity index is 2990. The maximum absolute atomic E-state index is 5.34. The summed E-state index contributed by atoms with van der Waals surface area (Å²) in [5, 5.41) is 11.1. The summed E-state index contributed by atoms with van der Waals surface area (Å²) in [5.41, 5.74) is 6.95. The maximum Gasteiger partial charge on any atom is 0.195 e. The van der Waals surface area contributed by atoms with Crippen molar-refractivity contribution in [3.63, 3.8) is 0 Å². The molecule has 5 heteroatoms. The van der Waals surface area contributed by atoms with Crippen LogP contribution in [0, 0.1) is 0 Å². The van der Waals surface area contributed by atoms with E-state index >= 15 is 0 Å². The molecule has 0 saturated carbocycles. The summed E-state index contributed by atoms with van der Waals surface area (Å²) < 4.78 is 8.69. The fraction of sp³-hybridized carbons (Fsp3) is 0. The summed E-state index contributed by atoms with van der Waals surface area (Å²) in [6.45, 7) is 0. The van der Waals surface area contributed by atoms with Crippen LogP contribution in [-0.2, 0) is 0 Å². The molecule has 0 spiro atoms. The summed E-state index contributed by atoms with van der Waals surface area (Å²) in [7, 11) is 0. The lowest BCUT2D eigenvalue weighted by molar-refractivity contribution is 1.14. The number of hydrogen-bond acceptors (Lipinski definition) is 3. The van der Waals surface area contributed by atoms with Crippen molar-refractivity contribution >= 4 is 107 Å². The predicted molar refractivity (Wildman–Crippen MR) is 199 cm³/mol. The van der Waals surface area contributed by atoms with Crippen molar-refractivity contribution in [2.24, 2.45) is 0 Å². The zero-order valence-electron chi connectivity index (χ0n) is 24.4. The van der Waals surface area contributed by atoms with E-state index in [1.807, 2.05) is 11.3 Å². The van der Waals surface area contributed by atoms with Crippen LogP contribution in [0.25, 0.3) is 95.6 Å². The topological polar surface area (TPSA) is 22.8 Å². The van der Waals surface area contributed by atoms with E-state index in [0.717, 1.165) is 21.9 Å². The minimum Gasteiger partial charge on any atom is -0.309 e. The number of aromatic nitrogens is 3. The monoisotopic (exact) mass is 621 g/mol.